The first-order valence-electron chi connectivity index (χ1n) is 14.7. The maximum absolute atomic E-state index is 14.8. The molecule has 0 radical (unpaired) electrons. The number of hydrogen-bond acceptors (Lipinski definition) is 6. The number of halogens is 1. The molecule has 3 fully saturated rings. The number of esters is 1. The Bertz CT molecular complexity index is 966. The van der Waals surface area contributed by atoms with Crippen molar-refractivity contribution in [1.29, 1.82) is 0 Å². The third-order valence-corrected chi connectivity index (χ3v) is 11.7. The summed E-state index contributed by atoms with van der Waals surface area (Å²) in [6, 6.07) is -0.664. The lowest BCUT2D eigenvalue weighted by molar-refractivity contribution is -0.154. The molecule has 3 saturated heterocycles. The molecule has 3 heterocycles. The van der Waals surface area contributed by atoms with E-state index in [-0.39, 0.29) is 46.5 Å². The molecule has 0 aliphatic carbocycles. The molecule has 1 spiro atoms. The van der Waals surface area contributed by atoms with Gasteiger partial charge in [-0.3, -0.25) is 14.4 Å². The fourth-order valence-corrected chi connectivity index (χ4v) is 10.9. The van der Waals surface area contributed by atoms with Crippen LogP contribution >= 0.6 is 27.7 Å². The summed E-state index contributed by atoms with van der Waals surface area (Å²) in [6.07, 6.45) is 8.65. The molecule has 40 heavy (non-hydrogen) atoms. The molecule has 9 heteroatoms. The minimum atomic E-state index is -0.697. The number of likely N-dealkylation sites (tertiary alicyclic amines) is 1. The average Bonchev–Trinajstić information content (AvgIpc) is 3.44. The molecule has 1 N–H and O–H groups in total. The van der Waals surface area contributed by atoms with E-state index in [1.54, 1.807) is 28.8 Å². The minimum Gasteiger partial charge on any atom is -0.465 e. The molecular weight excluding hydrogens is 592 g/mol. The number of ether oxygens (including phenoxy) is 1. The second-order valence-electron chi connectivity index (χ2n) is 13.4. The van der Waals surface area contributed by atoms with E-state index >= 15 is 0 Å². The molecule has 7 nitrogen and oxygen atoms in total. The standard InChI is InChI=1S/C31H49BrN2O5S/c1-8-10-18-39-28(38)22-23-26(36)33(16-13-11-12-14-17-35)25(31(23)19-21(32)24(22)40-31)27(37)34(15-9-2)30(6,7)20-29(3,4)5/h8-9,21-25,35H,1-2,10-20H2,3-7H3/t21?,22-,23+,24-,25?,31?/m1/s1. The second-order valence-corrected chi connectivity index (χ2v) is 16.1. The molecule has 2 bridgehead atoms. The van der Waals surface area contributed by atoms with Gasteiger partial charge in [-0.1, -0.05) is 61.7 Å². The van der Waals surface area contributed by atoms with Gasteiger partial charge in [0.1, 0.15) is 6.04 Å². The molecule has 3 aliphatic heterocycles. The van der Waals surface area contributed by atoms with Gasteiger partial charge in [-0.25, -0.2) is 0 Å². The third-order valence-electron chi connectivity index (χ3n) is 8.44. The van der Waals surface area contributed by atoms with E-state index in [0.717, 1.165) is 32.1 Å². The molecule has 3 unspecified atom stereocenters. The van der Waals surface area contributed by atoms with Crippen LogP contribution < -0.4 is 0 Å². The Labute approximate surface area is 253 Å². The number of amides is 2. The van der Waals surface area contributed by atoms with Gasteiger partial charge in [-0.2, -0.15) is 0 Å². The minimum absolute atomic E-state index is 0.00810. The maximum atomic E-state index is 14.8. The van der Waals surface area contributed by atoms with Crippen molar-refractivity contribution in [3.63, 3.8) is 0 Å². The molecule has 0 aromatic carbocycles. The first-order chi connectivity index (χ1) is 18.8. The van der Waals surface area contributed by atoms with E-state index in [4.69, 9.17) is 4.74 Å². The number of rotatable bonds is 15. The van der Waals surface area contributed by atoms with E-state index in [0.29, 0.717) is 25.9 Å². The van der Waals surface area contributed by atoms with Gasteiger partial charge in [0.05, 0.1) is 23.2 Å². The Kier molecular flexibility index (Phi) is 11.1. The Morgan fingerprint density at radius 2 is 1.85 bits per heavy atom. The van der Waals surface area contributed by atoms with Crippen molar-refractivity contribution >= 4 is 45.5 Å². The van der Waals surface area contributed by atoms with Gasteiger partial charge in [0.15, 0.2) is 0 Å². The van der Waals surface area contributed by atoms with Crippen molar-refractivity contribution < 1.29 is 24.2 Å². The number of hydrogen-bond donors (Lipinski definition) is 1. The van der Waals surface area contributed by atoms with Crippen molar-refractivity contribution in [3.8, 4) is 0 Å². The topological polar surface area (TPSA) is 87.2 Å². The predicted octanol–water partition coefficient (Wildman–Crippen LogP) is 5.35. The largest absolute Gasteiger partial charge is 0.465 e. The summed E-state index contributed by atoms with van der Waals surface area (Å²) in [7, 11) is 0. The highest BCUT2D eigenvalue weighted by Gasteiger charge is 2.76. The van der Waals surface area contributed by atoms with Crippen LogP contribution in [0.25, 0.3) is 0 Å². The third kappa shape index (κ3) is 6.67. The summed E-state index contributed by atoms with van der Waals surface area (Å²) < 4.78 is 4.93. The second kappa shape index (κ2) is 13.3. The zero-order valence-electron chi connectivity index (χ0n) is 25.0. The van der Waals surface area contributed by atoms with Gasteiger partial charge in [0.25, 0.3) is 0 Å². The molecule has 2 amide bonds. The Morgan fingerprint density at radius 1 is 1.18 bits per heavy atom. The molecule has 3 rings (SSSR count). The summed E-state index contributed by atoms with van der Waals surface area (Å²) in [4.78, 5) is 46.1. The van der Waals surface area contributed by atoms with E-state index in [9.17, 15) is 19.5 Å². The van der Waals surface area contributed by atoms with E-state index in [1.165, 1.54) is 0 Å². The number of carbonyl (C=O) groups excluding carboxylic acids is 3. The summed E-state index contributed by atoms with van der Waals surface area (Å²) in [5.41, 5.74) is -0.476. The summed E-state index contributed by atoms with van der Waals surface area (Å²) in [5, 5.41) is 9.06. The van der Waals surface area contributed by atoms with Crippen molar-refractivity contribution in [1.82, 2.24) is 9.80 Å². The lowest BCUT2D eigenvalue weighted by atomic mass is 9.70. The van der Waals surface area contributed by atoms with Crippen molar-refractivity contribution in [2.45, 2.75) is 106 Å². The number of aliphatic hydroxyl groups excluding tert-OH is 1. The first kappa shape index (κ1) is 33.2. The molecule has 0 saturated carbocycles. The van der Waals surface area contributed by atoms with Crippen molar-refractivity contribution in [2.75, 3.05) is 26.3 Å². The first-order valence-corrected chi connectivity index (χ1v) is 16.5. The van der Waals surface area contributed by atoms with Crippen LogP contribution in [0.2, 0.25) is 0 Å². The average molecular weight is 642 g/mol. The number of thioether (sulfide) groups is 1. The Balaban J connectivity index is 2.02. The number of nitrogens with zero attached hydrogens (tertiary/aromatic N) is 2. The van der Waals surface area contributed by atoms with Crippen LogP contribution in [0.15, 0.2) is 25.3 Å². The highest BCUT2D eigenvalue weighted by molar-refractivity contribution is 9.09. The van der Waals surface area contributed by atoms with E-state index < -0.39 is 28.2 Å². The number of unbranched alkanes of at least 4 members (excludes halogenated alkanes) is 3. The lowest BCUT2D eigenvalue weighted by Crippen LogP contribution is -2.60. The molecule has 6 atom stereocenters. The summed E-state index contributed by atoms with van der Waals surface area (Å²) in [5.74, 6) is -1.70. The number of fused-ring (bicyclic) bond motifs is 1. The predicted molar refractivity (Wildman–Crippen MR) is 165 cm³/mol. The number of alkyl halides is 1. The zero-order valence-corrected chi connectivity index (χ0v) is 27.4. The maximum Gasteiger partial charge on any atom is 0.310 e. The van der Waals surface area contributed by atoms with Crippen molar-refractivity contribution in [2.24, 2.45) is 17.3 Å². The smallest absolute Gasteiger partial charge is 0.310 e. The van der Waals surface area contributed by atoms with Crippen LogP contribution in [0, 0.1) is 17.3 Å². The lowest BCUT2D eigenvalue weighted by Gasteiger charge is -2.46. The number of aliphatic hydroxyl groups is 1. The fraction of sp³-hybridized carbons (Fsp3) is 0.774. The van der Waals surface area contributed by atoms with Gasteiger partial charge >= 0.3 is 5.97 Å². The van der Waals surface area contributed by atoms with Crippen LogP contribution in [-0.2, 0) is 19.1 Å². The fourth-order valence-electron chi connectivity index (χ4n) is 7.31. The van der Waals surface area contributed by atoms with E-state index in [2.05, 4.69) is 63.7 Å². The molecular formula is C31H49BrN2O5S. The highest BCUT2D eigenvalue weighted by atomic mass is 79.9. The monoisotopic (exact) mass is 640 g/mol. The molecule has 0 aromatic rings. The Morgan fingerprint density at radius 3 is 2.45 bits per heavy atom. The summed E-state index contributed by atoms with van der Waals surface area (Å²) >= 11 is 5.47. The Hall–Kier alpha value is -1.32. The van der Waals surface area contributed by atoms with Crippen LogP contribution in [0.5, 0.6) is 0 Å². The molecule has 226 valence electrons. The van der Waals surface area contributed by atoms with E-state index in [1.807, 2.05) is 4.90 Å². The molecule has 0 aromatic heterocycles. The quantitative estimate of drug-likeness (QED) is 0.112. The van der Waals surface area contributed by atoms with Gasteiger partial charge in [0.2, 0.25) is 11.8 Å². The van der Waals surface area contributed by atoms with Crippen molar-refractivity contribution in [3.05, 3.63) is 25.3 Å². The molecule has 3 aliphatic rings. The normalized spacial score (nSPS) is 29.4. The highest BCUT2D eigenvalue weighted by Crippen LogP contribution is 2.68. The van der Waals surface area contributed by atoms with Crippen LogP contribution in [0.3, 0.4) is 0 Å². The van der Waals surface area contributed by atoms with Crippen LogP contribution in [0.1, 0.15) is 79.6 Å². The van der Waals surface area contributed by atoms with Gasteiger partial charge < -0.3 is 19.6 Å². The SMILES string of the molecule is C=CCCOC(=O)[C@H]1[C@@H]2SC3(CC2Br)C(C(=O)N(CC=C)C(C)(C)CC(C)(C)C)N(CCCCCCO)C(=O)[C@H]13. The van der Waals surface area contributed by atoms with Crippen LogP contribution in [0.4, 0.5) is 0 Å². The zero-order chi connectivity index (χ0) is 29.9. The van der Waals surface area contributed by atoms with Gasteiger partial charge in [-0.05, 0) is 51.4 Å². The number of carbonyl (C=O) groups is 3. The van der Waals surface area contributed by atoms with Gasteiger partial charge in [-0.15, -0.1) is 24.9 Å². The van der Waals surface area contributed by atoms with Crippen LogP contribution in [-0.4, -0.2) is 85.4 Å². The van der Waals surface area contributed by atoms with Gasteiger partial charge in [0, 0.05) is 35.3 Å². The summed E-state index contributed by atoms with van der Waals surface area (Å²) in [6.45, 7) is 19.6.